The van der Waals surface area contributed by atoms with E-state index in [4.69, 9.17) is 4.74 Å². The molecule has 2 amide bonds. The Bertz CT molecular complexity index is 467. The van der Waals surface area contributed by atoms with E-state index in [1.54, 1.807) is 6.07 Å². The van der Waals surface area contributed by atoms with Crippen LogP contribution in [-0.4, -0.2) is 41.1 Å². The molecule has 0 unspecified atom stereocenters. The third-order valence-corrected chi connectivity index (χ3v) is 4.10. The first kappa shape index (κ1) is 12.2. The highest BCUT2D eigenvalue weighted by atomic mass is 16.5. The minimum absolute atomic E-state index is 0.0739. The smallest absolute Gasteiger partial charge is 0.323 e. The molecular weight excluding hydrogens is 244 g/mol. The van der Waals surface area contributed by atoms with Crippen molar-refractivity contribution in [1.29, 1.82) is 0 Å². The van der Waals surface area contributed by atoms with Crippen molar-refractivity contribution in [3.8, 4) is 5.88 Å². The van der Waals surface area contributed by atoms with Gasteiger partial charge in [-0.15, -0.1) is 0 Å². The quantitative estimate of drug-likeness (QED) is 0.881. The van der Waals surface area contributed by atoms with E-state index in [2.05, 4.69) is 15.3 Å². The molecule has 6 heteroatoms. The van der Waals surface area contributed by atoms with Crippen LogP contribution in [0, 0.1) is 11.8 Å². The van der Waals surface area contributed by atoms with Crippen molar-refractivity contribution < 1.29 is 9.53 Å². The van der Waals surface area contributed by atoms with Crippen LogP contribution in [0.3, 0.4) is 0 Å². The first-order valence-corrected chi connectivity index (χ1v) is 6.68. The molecule has 1 aromatic rings. The van der Waals surface area contributed by atoms with Crippen LogP contribution in [0.5, 0.6) is 5.88 Å². The van der Waals surface area contributed by atoms with E-state index in [1.165, 1.54) is 32.7 Å². The molecule has 1 saturated carbocycles. The number of nitrogens with one attached hydrogen (secondary N) is 1. The summed E-state index contributed by atoms with van der Waals surface area (Å²) in [5.41, 5.74) is 0. The first-order chi connectivity index (χ1) is 9.26. The number of ether oxygens (including phenoxy) is 1. The van der Waals surface area contributed by atoms with Gasteiger partial charge in [-0.1, -0.05) is 6.42 Å². The lowest BCUT2D eigenvalue weighted by Crippen LogP contribution is -2.33. The third kappa shape index (κ3) is 2.47. The van der Waals surface area contributed by atoms with E-state index in [-0.39, 0.29) is 6.03 Å². The minimum Gasteiger partial charge on any atom is -0.481 e. The molecule has 1 N–H and O–H groups in total. The number of rotatable bonds is 2. The fourth-order valence-electron chi connectivity index (χ4n) is 3.11. The summed E-state index contributed by atoms with van der Waals surface area (Å²) in [5, 5.41) is 2.80. The van der Waals surface area contributed by atoms with E-state index in [1.807, 2.05) is 4.90 Å². The Morgan fingerprint density at radius 2 is 2.11 bits per heavy atom. The molecule has 3 rings (SSSR count). The highest BCUT2D eigenvalue weighted by molar-refractivity contribution is 5.88. The number of amides is 2. The number of aromatic nitrogens is 2. The lowest BCUT2D eigenvalue weighted by Gasteiger charge is -2.17. The Morgan fingerprint density at radius 1 is 1.37 bits per heavy atom. The van der Waals surface area contributed by atoms with Crippen LogP contribution in [0.25, 0.3) is 0 Å². The molecule has 2 heterocycles. The van der Waals surface area contributed by atoms with Gasteiger partial charge in [0.2, 0.25) is 5.88 Å². The van der Waals surface area contributed by atoms with Gasteiger partial charge < -0.3 is 9.64 Å². The van der Waals surface area contributed by atoms with Gasteiger partial charge in [0.05, 0.1) is 7.11 Å². The molecular formula is C13H18N4O2. The van der Waals surface area contributed by atoms with Crippen LogP contribution in [0.15, 0.2) is 12.4 Å². The van der Waals surface area contributed by atoms with Crippen molar-refractivity contribution in [2.75, 3.05) is 25.5 Å². The molecule has 1 aliphatic heterocycles. The molecule has 2 aliphatic rings. The monoisotopic (exact) mass is 262 g/mol. The molecule has 0 aromatic carbocycles. The number of likely N-dealkylation sites (tertiary alicyclic amines) is 1. The minimum atomic E-state index is -0.0739. The van der Waals surface area contributed by atoms with Crippen LogP contribution in [0.1, 0.15) is 19.3 Å². The number of urea groups is 1. The van der Waals surface area contributed by atoms with Crippen LogP contribution in [-0.2, 0) is 0 Å². The summed E-state index contributed by atoms with van der Waals surface area (Å²) in [4.78, 5) is 22.0. The highest BCUT2D eigenvalue weighted by Crippen LogP contribution is 2.37. The molecule has 102 valence electrons. The molecule has 1 aliphatic carbocycles. The number of hydrogen-bond donors (Lipinski definition) is 1. The number of methoxy groups -OCH3 is 1. The Morgan fingerprint density at radius 3 is 2.79 bits per heavy atom. The van der Waals surface area contributed by atoms with Gasteiger partial charge in [0, 0.05) is 19.2 Å². The SMILES string of the molecule is COc1cc(NC(=O)N2C[C@@H]3CCC[C@H]3C2)ncn1. The number of nitrogens with zero attached hydrogens (tertiary/aromatic N) is 3. The average molecular weight is 262 g/mol. The van der Waals surface area contributed by atoms with Gasteiger partial charge in [-0.2, -0.15) is 0 Å². The number of carbonyl (C=O) groups excluding carboxylic acids is 1. The summed E-state index contributed by atoms with van der Waals surface area (Å²) in [6.45, 7) is 1.75. The Hall–Kier alpha value is -1.85. The number of hydrogen-bond acceptors (Lipinski definition) is 4. The predicted octanol–water partition coefficient (Wildman–Crippen LogP) is 1.75. The van der Waals surface area contributed by atoms with Crippen LogP contribution in [0.2, 0.25) is 0 Å². The summed E-state index contributed by atoms with van der Waals surface area (Å²) in [6.07, 6.45) is 5.21. The van der Waals surface area contributed by atoms with Gasteiger partial charge in [0.25, 0.3) is 0 Å². The normalized spacial score (nSPS) is 25.2. The van der Waals surface area contributed by atoms with Gasteiger partial charge >= 0.3 is 6.03 Å². The van der Waals surface area contributed by atoms with Gasteiger partial charge in [-0.05, 0) is 24.7 Å². The maximum atomic E-state index is 12.2. The van der Waals surface area contributed by atoms with Crippen molar-refractivity contribution >= 4 is 11.8 Å². The van der Waals surface area contributed by atoms with Crippen molar-refractivity contribution in [3.05, 3.63) is 12.4 Å². The number of fused-ring (bicyclic) bond motifs is 1. The molecule has 2 atom stereocenters. The van der Waals surface area contributed by atoms with Crippen LogP contribution < -0.4 is 10.1 Å². The lowest BCUT2D eigenvalue weighted by molar-refractivity contribution is 0.218. The molecule has 0 radical (unpaired) electrons. The Balaban J connectivity index is 1.62. The zero-order valence-corrected chi connectivity index (χ0v) is 11.0. The highest BCUT2D eigenvalue weighted by Gasteiger charge is 2.38. The average Bonchev–Trinajstić information content (AvgIpc) is 2.99. The second-order valence-corrected chi connectivity index (χ2v) is 5.23. The number of anilines is 1. The fourth-order valence-corrected chi connectivity index (χ4v) is 3.11. The molecule has 0 spiro atoms. The lowest BCUT2D eigenvalue weighted by atomic mass is 10.0. The van der Waals surface area contributed by atoms with Crippen LogP contribution in [0.4, 0.5) is 10.6 Å². The molecule has 19 heavy (non-hydrogen) atoms. The van der Waals surface area contributed by atoms with Gasteiger partial charge in [0.1, 0.15) is 12.1 Å². The Labute approximate surface area is 112 Å². The second-order valence-electron chi connectivity index (χ2n) is 5.23. The van der Waals surface area contributed by atoms with Crippen LogP contribution >= 0.6 is 0 Å². The van der Waals surface area contributed by atoms with Crippen molar-refractivity contribution in [1.82, 2.24) is 14.9 Å². The largest absolute Gasteiger partial charge is 0.481 e. The van der Waals surface area contributed by atoms with E-state index in [9.17, 15) is 4.79 Å². The van der Waals surface area contributed by atoms with Crippen molar-refractivity contribution in [2.24, 2.45) is 11.8 Å². The summed E-state index contributed by atoms with van der Waals surface area (Å²) in [6, 6.07) is 1.55. The first-order valence-electron chi connectivity index (χ1n) is 6.68. The van der Waals surface area contributed by atoms with E-state index >= 15 is 0 Å². The number of carbonyl (C=O) groups is 1. The van der Waals surface area contributed by atoms with E-state index < -0.39 is 0 Å². The van der Waals surface area contributed by atoms with Crippen molar-refractivity contribution in [2.45, 2.75) is 19.3 Å². The second kappa shape index (κ2) is 5.03. The van der Waals surface area contributed by atoms with Gasteiger partial charge in [0.15, 0.2) is 0 Å². The van der Waals surface area contributed by atoms with E-state index in [0.29, 0.717) is 23.5 Å². The maximum absolute atomic E-state index is 12.2. The van der Waals surface area contributed by atoms with Gasteiger partial charge in [-0.25, -0.2) is 14.8 Å². The summed E-state index contributed by atoms with van der Waals surface area (Å²) < 4.78 is 5.01. The molecule has 0 bridgehead atoms. The predicted molar refractivity (Wildman–Crippen MR) is 70.0 cm³/mol. The standard InChI is InChI=1S/C13H18N4O2/c1-19-12-5-11(14-8-15-12)16-13(18)17-6-9-3-2-4-10(9)7-17/h5,8-10H,2-4,6-7H2,1H3,(H,14,15,16,18)/t9-,10-/m0/s1. The summed E-state index contributed by atoms with van der Waals surface area (Å²) >= 11 is 0. The van der Waals surface area contributed by atoms with Gasteiger partial charge in [-0.3, -0.25) is 5.32 Å². The molecule has 1 saturated heterocycles. The van der Waals surface area contributed by atoms with Crippen molar-refractivity contribution in [3.63, 3.8) is 0 Å². The van der Waals surface area contributed by atoms with E-state index in [0.717, 1.165) is 13.1 Å². The molecule has 6 nitrogen and oxygen atoms in total. The Kier molecular flexibility index (Phi) is 3.23. The molecule has 1 aromatic heterocycles. The summed E-state index contributed by atoms with van der Waals surface area (Å²) in [7, 11) is 1.54. The third-order valence-electron chi connectivity index (χ3n) is 4.10. The zero-order chi connectivity index (χ0) is 13.2. The molecule has 2 fully saturated rings. The summed E-state index contributed by atoms with van der Waals surface area (Å²) in [5.74, 6) is 2.33. The topological polar surface area (TPSA) is 67.3 Å². The maximum Gasteiger partial charge on any atom is 0.323 e. The fraction of sp³-hybridized carbons (Fsp3) is 0.615. The zero-order valence-electron chi connectivity index (χ0n) is 11.0.